The number of para-hydroxylation sites is 2. The molecule has 0 radical (unpaired) electrons. The summed E-state index contributed by atoms with van der Waals surface area (Å²) in [6, 6.07) is 7.66. The summed E-state index contributed by atoms with van der Waals surface area (Å²) < 4.78 is 16.6. The van der Waals surface area contributed by atoms with E-state index >= 15 is 0 Å². The van der Waals surface area contributed by atoms with Crippen molar-refractivity contribution in [2.75, 3.05) is 33.4 Å². The predicted octanol–water partition coefficient (Wildman–Crippen LogP) is 1.84. The highest BCUT2D eigenvalue weighted by atomic mass is 16.5. The highest BCUT2D eigenvalue weighted by Gasteiger charge is 2.12. The zero-order valence-corrected chi connectivity index (χ0v) is 10.9. The number of piperidine rings is 1. The van der Waals surface area contributed by atoms with E-state index in [1.807, 2.05) is 24.3 Å². The summed E-state index contributed by atoms with van der Waals surface area (Å²) in [7, 11) is 1.65. The Labute approximate surface area is 108 Å². The number of hydrogen-bond acceptors (Lipinski definition) is 4. The lowest BCUT2D eigenvalue weighted by atomic mass is 10.1. The van der Waals surface area contributed by atoms with Gasteiger partial charge in [0.15, 0.2) is 11.5 Å². The van der Waals surface area contributed by atoms with E-state index in [9.17, 15) is 0 Å². The van der Waals surface area contributed by atoms with Crippen molar-refractivity contribution >= 4 is 0 Å². The van der Waals surface area contributed by atoms with E-state index in [0.717, 1.165) is 37.4 Å². The molecule has 0 spiro atoms. The minimum absolute atomic E-state index is 0.382. The molecule has 0 aliphatic carbocycles. The van der Waals surface area contributed by atoms with Gasteiger partial charge in [0.2, 0.25) is 0 Å². The first-order valence-corrected chi connectivity index (χ1v) is 6.48. The molecular weight excluding hydrogens is 230 g/mol. The van der Waals surface area contributed by atoms with Crippen LogP contribution in [-0.4, -0.2) is 39.5 Å². The summed E-state index contributed by atoms with van der Waals surface area (Å²) in [5, 5.41) is 3.32. The lowest BCUT2D eigenvalue weighted by Crippen LogP contribution is -2.33. The summed E-state index contributed by atoms with van der Waals surface area (Å²) in [5.41, 5.74) is 0. The number of methoxy groups -OCH3 is 1. The molecule has 1 saturated heterocycles. The van der Waals surface area contributed by atoms with Gasteiger partial charge in [0.25, 0.3) is 0 Å². The zero-order valence-electron chi connectivity index (χ0n) is 10.9. The predicted molar refractivity (Wildman–Crippen MR) is 70.3 cm³/mol. The van der Waals surface area contributed by atoms with E-state index in [4.69, 9.17) is 14.2 Å². The van der Waals surface area contributed by atoms with Crippen molar-refractivity contribution in [2.45, 2.75) is 18.9 Å². The van der Waals surface area contributed by atoms with E-state index in [2.05, 4.69) is 5.32 Å². The van der Waals surface area contributed by atoms with Crippen LogP contribution >= 0.6 is 0 Å². The van der Waals surface area contributed by atoms with E-state index in [1.165, 1.54) is 0 Å². The maximum Gasteiger partial charge on any atom is 0.161 e. The average molecular weight is 251 g/mol. The Bertz CT molecular complexity index is 351. The van der Waals surface area contributed by atoms with E-state index in [-0.39, 0.29) is 0 Å². The van der Waals surface area contributed by atoms with Crippen molar-refractivity contribution in [3.05, 3.63) is 24.3 Å². The molecule has 0 unspecified atom stereocenters. The second-order valence-electron chi connectivity index (χ2n) is 4.32. The van der Waals surface area contributed by atoms with E-state index < -0.39 is 0 Å². The Morgan fingerprint density at radius 2 is 1.83 bits per heavy atom. The van der Waals surface area contributed by atoms with Gasteiger partial charge in [-0.25, -0.2) is 0 Å². The Hall–Kier alpha value is -1.26. The Balaban J connectivity index is 1.68. The quantitative estimate of drug-likeness (QED) is 0.783. The van der Waals surface area contributed by atoms with Gasteiger partial charge >= 0.3 is 0 Å². The fourth-order valence-electron chi connectivity index (χ4n) is 2.07. The van der Waals surface area contributed by atoms with Gasteiger partial charge in [-0.2, -0.15) is 0 Å². The highest BCUT2D eigenvalue weighted by molar-refractivity contribution is 5.39. The van der Waals surface area contributed by atoms with Crippen molar-refractivity contribution < 1.29 is 14.2 Å². The van der Waals surface area contributed by atoms with Gasteiger partial charge in [0.1, 0.15) is 6.61 Å². The molecule has 100 valence electrons. The maximum atomic E-state index is 5.77. The van der Waals surface area contributed by atoms with Crippen LogP contribution in [0.4, 0.5) is 0 Å². The van der Waals surface area contributed by atoms with Crippen molar-refractivity contribution in [1.29, 1.82) is 0 Å². The molecule has 2 rings (SSSR count). The Morgan fingerprint density at radius 3 is 2.56 bits per heavy atom. The lowest BCUT2D eigenvalue weighted by molar-refractivity contribution is 0.0165. The molecule has 0 bridgehead atoms. The SMILES string of the molecule is COc1ccccc1OCCOC1CCNCC1. The van der Waals surface area contributed by atoms with Gasteiger partial charge in [-0.1, -0.05) is 12.1 Å². The molecule has 0 saturated carbocycles. The number of ether oxygens (including phenoxy) is 3. The molecule has 1 fully saturated rings. The van der Waals surface area contributed by atoms with Crippen LogP contribution in [0, 0.1) is 0 Å². The third kappa shape index (κ3) is 3.89. The number of rotatable bonds is 6. The summed E-state index contributed by atoms with van der Waals surface area (Å²) in [4.78, 5) is 0. The van der Waals surface area contributed by atoms with Crippen LogP contribution < -0.4 is 14.8 Å². The van der Waals surface area contributed by atoms with E-state index in [1.54, 1.807) is 7.11 Å². The van der Waals surface area contributed by atoms with Gasteiger partial charge in [0, 0.05) is 0 Å². The van der Waals surface area contributed by atoms with Gasteiger partial charge in [-0.05, 0) is 38.1 Å². The Kier molecular flexibility index (Phi) is 5.30. The molecule has 1 aromatic rings. The lowest BCUT2D eigenvalue weighted by Gasteiger charge is -2.23. The normalized spacial score (nSPS) is 16.5. The van der Waals surface area contributed by atoms with Crippen LogP contribution in [0.15, 0.2) is 24.3 Å². The molecule has 4 nitrogen and oxygen atoms in total. The molecular formula is C14H21NO3. The first-order valence-electron chi connectivity index (χ1n) is 6.48. The number of nitrogens with one attached hydrogen (secondary N) is 1. The van der Waals surface area contributed by atoms with Crippen molar-refractivity contribution in [2.24, 2.45) is 0 Å². The van der Waals surface area contributed by atoms with Crippen LogP contribution in [0.5, 0.6) is 11.5 Å². The summed E-state index contributed by atoms with van der Waals surface area (Å²) in [6.45, 7) is 3.29. The molecule has 1 aliphatic rings. The van der Waals surface area contributed by atoms with Crippen molar-refractivity contribution in [3.8, 4) is 11.5 Å². The minimum atomic E-state index is 0.382. The van der Waals surface area contributed by atoms with Crippen molar-refractivity contribution in [1.82, 2.24) is 5.32 Å². The van der Waals surface area contributed by atoms with Crippen LogP contribution in [0.1, 0.15) is 12.8 Å². The number of benzene rings is 1. The van der Waals surface area contributed by atoms with Crippen molar-refractivity contribution in [3.63, 3.8) is 0 Å². The maximum absolute atomic E-state index is 5.77. The van der Waals surface area contributed by atoms with Crippen LogP contribution in [-0.2, 0) is 4.74 Å². The average Bonchev–Trinajstić information content (AvgIpc) is 2.45. The first kappa shape index (κ1) is 13.2. The van der Waals surface area contributed by atoms with E-state index in [0.29, 0.717) is 19.3 Å². The van der Waals surface area contributed by atoms with Crippen LogP contribution in [0.25, 0.3) is 0 Å². The highest BCUT2D eigenvalue weighted by Crippen LogP contribution is 2.25. The Morgan fingerprint density at radius 1 is 1.11 bits per heavy atom. The standard InChI is InChI=1S/C14H21NO3/c1-16-13-4-2-3-5-14(13)18-11-10-17-12-6-8-15-9-7-12/h2-5,12,15H,6-11H2,1H3. The smallest absolute Gasteiger partial charge is 0.161 e. The third-order valence-corrected chi connectivity index (χ3v) is 3.05. The molecule has 1 heterocycles. The molecule has 0 aromatic heterocycles. The van der Waals surface area contributed by atoms with Crippen LogP contribution in [0.3, 0.4) is 0 Å². The first-order chi connectivity index (χ1) is 8.90. The summed E-state index contributed by atoms with van der Waals surface area (Å²) >= 11 is 0. The van der Waals surface area contributed by atoms with Crippen LogP contribution in [0.2, 0.25) is 0 Å². The topological polar surface area (TPSA) is 39.7 Å². The monoisotopic (exact) mass is 251 g/mol. The minimum Gasteiger partial charge on any atom is -0.493 e. The largest absolute Gasteiger partial charge is 0.493 e. The fraction of sp³-hybridized carbons (Fsp3) is 0.571. The second kappa shape index (κ2) is 7.24. The van der Waals surface area contributed by atoms with Gasteiger partial charge < -0.3 is 19.5 Å². The molecule has 18 heavy (non-hydrogen) atoms. The number of hydrogen-bond donors (Lipinski definition) is 1. The molecule has 1 aliphatic heterocycles. The zero-order chi connectivity index (χ0) is 12.6. The molecule has 4 heteroatoms. The molecule has 0 amide bonds. The molecule has 0 atom stereocenters. The second-order valence-corrected chi connectivity index (χ2v) is 4.32. The van der Waals surface area contributed by atoms with Gasteiger partial charge in [0.05, 0.1) is 19.8 Å². The van der Waals surface area contributed by atoms with Gasteiger partial charge in [-0.15, -0.1) is 0 Å². The fourth-order valence-corrected chi connectivity index (χ4v) is 2.07. The third-order valence-electron chi connectivity index (χ3n) is 3.05. The van der Waals surface area contributed by atoms with Gasteiger partial charge in [-0.3, -0.25) is 0 Å². The summed E-state index contributed by atoms with van der Waals surface area (Å²) in [5.74, 6) is 1.54. The summed E-state index contributed by atoms with van der Waals surface area (Å²) in [6.07, 6.45) is 2.57. The molecule has 1 aromatic carbocycles. The molecule has 1 N–H and O–H groups in total.